The zero-order chi connectivity index (χ0) is 19.3. The molecule has 0 radical (unpaired) electrons. The van der Waals surface area contributed by atoms with Gasteiger partial charge in [-0.25, -0.2) is 0 Å². The Hall–Kier alpha value is -3.80. The summed E-state index contributed by atoms with van der Waals surface area (Å²) in [6.07, 6.45) is 3.43. The number of benzene rings is 2. The molecule has 0 aliphatic heterocycles. The van der Waals surface area contributed by atoms with E-state index in [0.717, 1.165) is 16.7 Å². The van der Waals surface area contributed by atoms with E-state index in [1.54, 1.807) is 36.7 Å². The van der Waals surface area contributed by atoms with Gasteiger partial charge in [0.15, 0.2) is 0 Å². The second-order valence-electron chi connectivity index (χ2n) is 6.40. The van der Waals surface area contributed by atoms with E-state index >= 15 is 0 Å². The Labute approximate surface area is 162 Å². The van der Waals surface area contributed by atoms with Gasteiger partial charge in [0.25, 0.3) is 5.91 Å². The maximum absolute atomic E-state index is 12.3. The van der Waals surface area contributed by atoms with Gasteiger partial charge in [-0.2, -0.15) is 0 Å². The van der Waals surface area contributed by atoms with Crippen LogP contribution < -0.4 is 5.32 Å². The van der Waals surface area contributed by atoms with Gasteiger partial charge in [-0.3, -0.25) is 9.78 Å². The monoisotopic (exact) mass is 370 g/mol. The van der Waals surface area contributed by atoms with Crippen molar-refractivity contribution in [3.63, 3.8) is 0 Å². The van der Waals surface area contributed by atoms with Crippen molar-refractivity contribution in [3.05, 3.63) is 89.7 Å². The Kier molecular flexibility index (Phi) is 4.93. The highest BCUT2D eigenvalue weighted by Gasteiger charge is 2.12. The first-order chi connectivity index (χ1) is 13.7. The van der Waals surface area contributed by atoms with Gasteiger partial charge in [0, 0.05) is 35.6 Å². The molecule has 4 rings (SSSR count). The molecule has 2 aromatic heterocycles. The SMILES string of the molecule is Cc1ccc(-c2nnc(-c3ccc(C(=O)NCc4cccnc4)cc3)o2)cc1. The Morgan fingerprint density at radius 2 is 1.57 bits per heavy atom. The Morgan fingerprint density at radius 3 is 2.18 bits per heavy atom. The summed E-state index contributed by atoms with van der Waals surface area (Å²) in [4.78, 5) is 16.3. The van der Waals surface area contributed by atoms with Crippen LogP contribution in [-0.2, 0) is 6.54 Å². The van der Waals surface area contributed by atoms with Gasteiger partial charge in [-0.05, 0) is 55.0 Å². The first-order valence-corrected chi connectivity index (χ1v) is 8.87. The van der Waals surface area contributed by atoms with E-state index in [-0.39, 0.29) is 5.91 Å². The average molecular weight is 370 g/mol. The molecule has 6 nitrogen and oxygen atoms in total. The van der Waals surface area contributed by atoms with Crippen LogP contribution in [0, 0.1) is 6.92 Å². The molecule has 6 heteroatoms. The van der Waals surface area contributed by atoms with E-state index in [9.17, 15) is 4.79 Å². The van der Waals surface area contributed by atoms with E-state index in [1.807, 2.05) is 43.3 Å². The molecule has 1 amide bonds. The van der Waals surface area contributed by atoms with Crippen molar-refractivity contribution in [2.24, 2.45) is 0 Å². The zero-order valence-electron chi connectivity index (χ0n) is 15.3. The molecule has 0 fully saturated rings. The normalized spacial score (nSPS) is 10.6. The van der Waals surface area contributed by atoms with Gasteiger partial charge in [-0.1, -0.05) is 23.8 Å². The molecule has 4 aromatic rings. The average Bonchev–Trinajstić information content (AvgIpc) is 3.24. The number of nitrogens with zero attached hydrogens (tertiary/aromatic N) is 3. The summed E-state index contributed by atoms with van der Waals surface area (Å²) in [6.45, 7) is 2.45. The first kappa shape index (κ1) is 17.6. The van der Waals surface area contributed by atoms with Crippen LogP contribution in [0.1, 0.15) is 21.5 Å². The maximum Gasteiger partial charge on any atom is 0.251 e. The summed E-state index contributed by atoms with van der Waals surface area (Å²) in [7, 11) is 0. The number of rotatable bonds is 5. The van der Waals surface area contributed by atoms with Crippen LogP contribution in [0.4, 0.5) is 0 Å². The number of hydrogen-bond donors (Lipinski definition) is 1. The number of carbonyl (C=O) groups is 1. The van der Waals surface area contributed by atoms with Crippen LogP contribution in [0.2, 0.25) is 0 Å². The minimum absolute atomic E-state index is 0.152. The van der Waals surface area contributed by atoms with Crippen LogP contribution in [-0.4, -0.2) is 21.1 Å². The number of amides is 1. The molecule has 28 heavy (non-hydrogen) atoms. The third-order valence-electron chi connectivity index (χ3n) is 4.29. The molecule has 2 aromatic carbocycles. The second kappa shape index (κ2) is 7.84. The summed E-state index contributed by atoms with van der Waals surface area (Å²) in [5.74, 6) is 0.729. The summed E-state index contributed by atoms with van der Waals surface area (Å²) in [6, 6.07) is 18.7. The smallest absolute Gasteiger partial charge is 0.251 e. The zero-order valence-corrected chi connectivity index (χ0v) is 15.3. The van der Waals surface area contributed by atoms with Gasteiger partial charge in [0.05, 0.1) is 0 Å². The van der Waals surface area contributed by atoms with Crippen molar-refractivity contribution < 1.29 is 9.21 Å². The van der Waals surface area contributed by atoms with Crippen LogP contribution in [0.15, 0.2) is 77.5 Å². The Morgan fingerprint density at radius 1 is 0.929 bits per heavy atom. The van der Waals surface area contributed by atoms with Crippen LogP contribution >= 0.6 is 0 Å². The van der Waals surface area contributed by atoms with Crippen LogP contribution in [0.3, 0.4) is 0 Å². The fraction of sp³-hybridized carbons (Fsp3) is 0.0909. The maximum atomic E-state index is 12.3. The van der Waals surface area contributed by atoms with Crippen molar-refractivity contribution in [1.82, 2.24) is 20.5 Å². The number of hydrogen-bond acceptors (Lipinski definition) is 5. The lowest BCUT2D eigenvalue weighted by atomic mass is 10.1. The highest BCUT2D eigenvalue weighted by molar-refractivity contribution is 5.94. The fourth-order valence-corrected chi connectivity index (χ4v) is 2.70. The minimum atomic E-state index is -0.152. The fourth-order valence-electron chi connectivity index (χ4n) is 2.70. The van der Waals surface area contributed by atoms with E-state index in [1.165, 1.54) is 5.56 Å². The molecule has 0 saturated carbocycles. The third kappa shape index (κ3) is 3.96. The lowest BCUT2D eigenvalue weighted by molar-refractivity contribution is 0.0951. The topological polar surface area (TPSA) is 80.9 Å². The van der Waals surface area contributed by atoms with Crippen molar-refractivity contribution in [3.8, 4) is 22.9 Å². The minimum Gasteiger partial charge on any atom is -0.416 e. The predicted molar refractivity (Wildman–Crippen MR) is 105 cm³/mol. The molecular formula is C22H18N4O2. The molecule has 0 bridgehead atoms. The van der Waals surface area contributed by atoms with Gasteiger partial charge in [0.2, 0.25) is 11.8 Å². The molecule has 0 spiro atoms. The molecule has 0 aliphatic carbocycles. The number of pyridine rings is 1. The van der Waals surface area contributed by atoms with Crippen molar-refractivity contribution in [2.75, 3.05) is 0 Å². The second-order valence-corrected chi connectivity index (χ2v) is 6.40. The van der Waals surface area contributed by atoms with Crippen molar-refractivity contribution in [1.29, 1.82) is 0 Å². The van der Waals surface area contributed by atoms with Crippen LogP contribution in [0.25, 0.3) is 22.9 Å². The number of aromatic nitrogens is 3. The molecular weight excluding hydrogens is 352 g/mol. The first-order valence-electron chi connectivity index (χ1n) is 8.87. The lowest BCUT2D eigenvalue weighted by Gasteiger charge is -2.05. The van der Waals surface area contributed by atoms with Crippen LogP contribution in [0.5, 0.6) is 0 Å². The molecule has 0 unspecified atom stereocenters. The third-order valence-corrected chi connectivity index (χ3v) is 4.29. The van der Waals surface area contributed by atoms with Gasteiger partial charge >= 0.3 is 0 Å². The molecule has 0 aliphatic rings. The standard InChI is InChI=1S/C22H18N4O2/c1-15-4-6-18(7-5-15)21-25-26-22(28-21)19-10-8-17(9-11-19)20(27)24-14-16-3-2-12-23-13-16/h2-13H,14H2,1H3,(H,24,27). The molecule has 138 valence electrons. The van der Waals surface area contributed by atoms with Gasteiger partial charge in [-0.15, -0.1) is 10.2 Å². The summed E-state index contributed by atoms with van der Waals surface area (Å²) in [5.41, 5.74) is 4.30. The Balaban J connectivity index is 1.44. The number of nitrogens with one attached hydrogen (secondary N) is 1. The Bertz CT molecular complexity index is 1070. The summed E-state index contributed by atoms with van der Waals surface area (Å²) in [5, 5.41) is 11.1. The van der Waals surface area contributed by atoms with Gasteiger partial charge < -0.3 is 9.73 Å². The molecule has 2 heterocycles. The highest BCUT2D eigenvalue weighted by atomic mass is 16.4. The van der Waals surface area contributed by atoms with Crippen molar-refractivity contribution in [2.45, 2.75) is 13.5 Å². The van der Waals surface area contributed by atoms with E-state index in [4.69, 9.17) is 4.42 Å². The predicted octanol–water partition coefficient (Wildman–Crippen LogP) is 4.04. The number of aryl methyl sites for hydroxylation is 1. The largest absolute Gasteiger partial charge is 0.416 e. The lowest BCUT2D eigenvalue weighted by Crippen LogP contribution is -2.22. The summed E-state index contributed by atoms with van der Waals surface area (Å²) >= 11 is 0. The van der Waals surface area contributed by atoms with Gasteiger partial charge in [0.1, 0.15) is 0 Å². The molecule has 1 N–H and O–H groups in total. The molecule has 0 saturated heterocycles. The van der Waals surface area contributed by atoms with E-state index in [0.29, 0.717) is 23.9 Å². The number of carbonyl (C=O) groups excluding carboxylic acids is 1. The molecule has 0 atom stereocenters. The van der Waals surface area contributed by atoms with Crippen molar-refractivity contribution >= 4 is 5.91 Å². The highest BCUT2D eigenvalue weighted by Crippen LogP contribution is 2.24. The van der Waals surface area contributed by atoms with E-state index < -0.39 is 0 Å². The quantitative estimate of drug-likeness (QED) is 0.573. The summed E-state index contributed by atoms with van der Waals surface area (Å²) < 4.78 is 5.77. The van der Waals surface area contributed by atoms with E-state index in [2.05, 4.69) is 20.5 Å².